The molecule has 0 aromatic heterocycles. The Hall–Kier alpha value is -2.46. The first-order valence-electron chi connectivity index (χ1n) is 10.8. The maximum Gasteiger partial charge on any atom is 0.241 e. The Morgan fingerprint density at radius 3 is 2.24 bits per heavy atom. The summed E-state index contributed by atoms with van der Waals surface area (Å²) < 4.78 is 27.7. The fraction of sp³-hybridized carbons (Fsp3) is 0.391. The molecule has 2 aromatic rings. The molecule has 0 radical (unpaired) electrons. The molecule has 3 N–H and O–H groups in total. The Kier molecular flexibility index (Phi) is 8.47. The maximum atomic E-state index is 12.6. The van der Waals surface area contributed by atoms with Crippen molar-refractivity contribution in [3.05, 3.63) is 59.1 Å². The van der Waals surface area contributed by atoms with Crippen molar-refractivity contribution in [2.45, 2.75) is 50.2 Å². The van der Waals surface area contributed by atoms with Crippen LogP contribution < -0.4 is 15.4 Å². The molecule has 8 nitrogen and oxygen atoms in total. The first-order chi connectivity index (χ1) is 15.6. The molecule has 1 atom stereocenters. The highest BCUT2D eigenvalue weighted by Crippen LogP contribution is 2.17. The number of piperidine rings is 1. The first-order valence-corrected chi connectivity index (χ1v) is 12.7. The number of likely N-dealkylation sites (tertiary alicyclic amines) is 1. The lowest BCUT2D eigenvalue weighted by molar-refractivity contribution is -0.123. The lowest BCUT2D eigenvalue weighted by Crippen LogP contribution is -2.50. The van der Waals surface area contributed by atoms with Gasteiger partial charge >= 0.3 is 0 Å². The normalized spacial score (nSPS) is 16.2. The summed E-state index contributed by atoms with van der Waals surface area (Å²) in [6.07, 6.45) is 1.59. The van der Waals surface area contributed by atoms with E-state index in [0.29, 0.717) is 10.7 Å². The lowest BCUT2D eigenvalue weighted by atomic mass is 10.0. The van der Waals surface area contributed by atoms with Crippen LogP contribution in [0, 0.1) is 0 Å². The van der Waals surface area contributed by atoms with Gasteiger partial charge in [-0.3, -0.25) is 14.5 Å². The number of anilines is 1. The van der Waals surface area contributed by atoms with Crippen LogP contribution in [0.15, 0.2) is 53.4 Å². The third kappa shape index (κ3) is 7.53. The van der Waals surface area contributed by atoms with Gasteiger partial charge in [-0.05, 0) is 61.7 Å². The number of nitrogens with zero attached hydrogens (tertiary/aromatic N) is 1. The van der Waals surface area contributed by atoms with Crippen LogP contribution in [0.3, 0.4) is 0 Å². The minimum atomic E-state index is -3.88. The van der Waals surface area contributed by atoms with Crippen LogP contribution in [-0.4, -0.2) is 50.3 Å². The Labute approximate surface area is 199 Å². The van der Waals surface area contributed by atoms with Crippen LogP contribution in [0.2, 0.25) is 5.02 Å². The van der Waals surface area contributed by atoms with E-state index in [1.807, 2.05) is 24.3 Å². The Morgan fingerprint density at radius 1 is 1.06 bits per heavy atom. The van der Waals surface area contributed by atoms with Crippen LogP contribution in [0.4, 0.5) is 5.69 Å². The van der Waals surface area contributed by atoms with Crippen molar-refractivity contribution < 1.29 is 18.0 Å². The van der Waals surface area contributed by atoms with Gasteiger partial charge in [0.2, 0.25) is 21.8 Å². The van der Waals surface area contributed by atoms with Gasteiger partial charge < -0.3 is 10.6 Å². The Bertz CT molecular complexity index is 1070. The third-order valence-electron chi connectivity index (χ3n) is 5.46. The van der Waals surface area contributed by atoms with E-state index in [4.69, 9.17) is 11.6 Å². The third-order valence-corrected chi connectivity index (χ3v) is 7.27. The van der Waals surface area contributed by atoms with Gasteiger partial charge in [-0.1, -0.05) is 23.7 Å². The van der Waals surface area contributed by atoms with Crippen LogP contribution in [-0.2, 0) is 26.2 Å². The van der Waals surface area contributed by atoms with Crippen molar-refractivity contribution in [3.63, 3.8) is 0 Å². The summed E-state index contributed by atoms with van der Waals surface area (Å²) >= 11 is 5.93. The highest BCUT2D eigenvalue weighted by molar-refractivity contribution is 7.89. The van der Waals surface area contributed by atoms with Crippen LogP contribution in [0.5, 0.6) is 0 Å². The zero-order chi connectivity index (χ0) is 24.0. The van der Waals surface area contributed by atoms with E-state index in [0.717, 1.165) is 32.5 Å². The molecule has 33 heavy (non-hydrogen) atoms. The molecule has 0 saturated carbocycles. The van der Waals surface area contributed by atoms with E-state index in [9.17, 15) is 18.0 Å². The first kappa shape index (κ1) is 25.2. The number of nitrogens with one attached hydrogen (secondary N) is 3. The molecule has 1 aliphatic rings. The van der Waals surface area contributed by atoms with E-state index in [2.05, 4.69) is 20.3 Å². The Balaban J connectivity index is 1.47. The molecule has 10 heteroatoms. The highest BCUT2D eigenvalue weighted by atomic mass is 35.5. The summed E-state index contributed by atoms with van der Waals surface area (Å²) in [5.41, 5.74) is 1.68. The van der Waals surface area contributed by atoms with Crippen molar-refractivity contribution in [1.29, 1.82) is 0 Å². The molecule has 0 unspecified atom stereocenters. The molecule has 0 bridgehead atoms. The highest BCUT2D eigenvalue weighted by Gasteiger charge is 2.26. The smallest absolute Gasteiger partial charge is 0.241 e. The minimum Gasteiger partial charge on any atom is -0.352 e. The maximum absolute atomic E-state index is 12.6. The van der Waals surface area contributed by atoms with Crippen molar-refractivity contribution in [1.82, 2.24) is 14.9 Å². The van der Waals surface area contributed by atoms with Crippen molar-refractivity contribution in [2.24, 2.45) is 0 Å². The van der Waals surface area contributed by atoms with Gasteiger partial charge in [-0.15, -0.1) is 0 Å². The summed E-state index contributed by atoms with van der Waals surface area (Å²) in [5, 5.41) is 6.25. The molecule has 1 fully saturated rings. The minimum absolute atomic E-state index is 0.00265. The van der Waals surface area contributed by atoms with Gasteiger partial charge in [0.15, 0.2) is 0 Å². The van der Waals surface area contributed by atoms with E-state index >= 15 is 0 Å². The molecule has 0 spiro atoms. The van der Waals surface area contributed by atoms with Gasteiger partial charge in [0, 0.05) is 43.3 Å². The van der Waals surface area contributed by atoms with Crippen molar-refractivity contribution in [3.8, 4) is 0 Å². The number of amides is 2. The van der Waals surface area contributed by atoms with Gasteiger partial charge in [0.05, 0.1) is 10.9 Å². The Morgan fingerprint density at radius 2 is 1.67 bits per heavy atom. The van der Waals surface area contributed by atoms with Gasteiger partial charge in [0.1, 0.15) is 0 Å². The van der Waals surface area contributed by atoms with Gasteiger partial charge in [0.25, 0.3) is 0 Å². The van der Waals surface area contributed by atoms with Gasteiger partial charge in [-0.2, -0.15) is 4.72 Å². The molecular weight excluding hydrogens is 464 g/mol. The average molecular weight is 493 g/mol. The molecule has 0 aliphatic carbocycles. The van der Waals surface area contributed by atoms with Crippen LogP contribution in [0.25, 0.3) is 0 Å². The molecule has 3 rings (SSSR count). The summed E-state index contributed by atoms with van der Waals surface area (Å²) in [6, 6.07) is 12.6. The molecule has 2 amide bonds. The second-order valence-electron chi connectivity index (χ2n) is 8.23. The standard InChI is InChI=1S/C23H29ClN4O4S/c1-16(27-33(31,32)22-9-7-20(8-10-22)25-17(2)29)23(30)26-21-11-13-28(14-12-21)15-18-3-5-19(24)6-4-18/h3-10,16,21,27H,11-15H2,1-2H3,(H,25,29)(H,26,30)/t16-/m0/s1. The number of hydrogen-bond acceptors (Lipinski definition) is 5. The fourth-order valence-electron chi connectivity index (χ4n) is 3.68. The summed E-state index contributed by atoms with van der Waals surface area (Å²) in [7, 11) is -3.88. The lowest BCUT2D eigenvalue weighted by Gasteiger charge is -2.33. The number of rotatable bonds is 8. The second kappa shape index (κ2) is 11.1. The average Bonchev–Trinajstić information content (AvgIpc) is 2.76. The summed E-state index contributed by atoms with van der Waals surface area (Å²) in [6.45, 7) is 5.40. The number of sulfonamides is 1. The molecule has 178 valence electrons. The molecule has 1 heterocycles. The number of carbonyl (C=O) groups excluding carboxylic acids is 2. The molecule has 2 aromatic carbocycles. The van der Waals surface area contributed by atoms with E-state index < -0.39 is 16.1 Å². The summed E-state index contributed by atoms with van der Waals surface area (Å²) in [4.78, 5) is 26.0. The van der Waals surface area contributed by atoms with Crippen LogP contribution in [0.1, 0.15) is 32.3 Å². The zero-order valence-corrected chi connectivity index (χ0v) is 20.2. The summed E-state index contributed by atoms with van der Waals surface area (Å²) in [5.74, 6) is -0.602. The fourth-order valence-corrected chi connectivity index (χ4v) is 5.01. The number of halogens is 1. The predicted molar refractivity (Wildman–Crippen MR) is 128 cm³/mol. The predicted octanol–water partition coefficient (Wildman–Crippen LogP) is 2.75. The number of carbonyl (C=O) groups is 2. The zero-order valence-electron chi connectivity index (χ0n) is 18.7. The molecular formula is C23H29ClN4O4S. The second-order valence-corrected chi connectivity index (χ2v) is 10.4. The van der Waals surface area contributed by atoms with Crippen LogP contribution >= 0.6 is 11.6 Å². The van der Waals surface area contributed by atoms with E-state index in [1.165, 1.54) is 43.7 Å². The largest absolute Gasteiger partial charge is 0.352 e. The van der Waals surface area contributed by atoms with Crippen molar-refractivity contribution in [2.75, 3.05) is 18.4 Å². The van der Waals surface area contributed by atoms with Crippen molar-refractivity contribution >= 4 is 39.1 Å². The monoisotopic (exact) mass is 492 g/mol. The SMILES string of the molecule is CC(=O)Nc1ccc(S(=O)(=O)N[C@@H](C)C(=O)NC2CCN(Cc3ccc(Cl)cc3)CC2)cc1. The number of hydrogen-bond donors (Lipinski definition) is 3. The van der Waals surface area contributed by atoms with E-state index in [1.54, 1.807) is 0 Å². The topological polar surface area (TPSA) is 108 Å². The molecule has 1 saturated heterocycles. The van der Waals surface area contributed by atoms with E-state index in [-0.39, 0.29) is 22.8 Å². The quantitative estimate of drug-likeness (QED) is 0.525. The molecule has 1 aliphatic heterocycles. The van der Waals surface area contributed by atoms with Gasteiger partial charge in [-0.25, -0.2) is 8.42 Å². The number of benzene rings is 2.